The van der Waals surface area contributed by atoms with Crippen LogP contribution >= 0.6 is 11.6 Å². The van der Waals surface area contributed by atoms with Crippen molar-refractivity contribution < 1.29 is 33.1 Å². The summed E-state index contributed by atoms with van der Waals surface area (Å²) >= 11 is 5.97. The second-order valence-electron chi connectivity index (χ2n) is 11.9. The Bertz CT molecular complexity index is 1360. The number of nitrogens with one attached hydrogen (secondary N) is 1. The van der Waals surface area contributed by atoms with Crippen LogP contribution in [0.15, 0.2) is 53.4 Å². The number of halogens is 1. The molecule has 2 aromatic rings. The van der Waals surface area contributed by atoms with Crippen LogP contribution in [0.5, 0.6) is 5.75 Å². The van der Waals surface area contributed by atoms with Crippen molar-refractivity contribution in [1.82, 2.24) is 10.4 Å². The molecule has 3 N–H and O–H groups in total. The zero-order valence-electron chi connectivity index (χ0n) is 23.6. The van der Waals surface area contributed by atoms with Crippen LogP contribution in [0, 0.1) is 5.92 Å². The zero-order chi connectivity index (χ0) is 30.0. The number of hydrogen-bond donors (Lipinski definition) is 3. The number of likely N-dealkylation sites (tertiary alicyclic amines) is 1. The molecule has 0 aromatic heterocycles. The minimum absolute atomic E-state index is 0.00403. The molecule has 2 aliphatic carbocycles. The average Bonchev–Trinajstić information content (AvgIpc) is 3.85. The maximum absolute atomic E-state index is 13.6. The Kier molecular flexibility index (Phi) is 9.30. The summed E-state index contributed by atoms with van der Waals surface area (Å²) in [7, 11) is -4.08. The molecule has 5 rings (SSSR count). The lowest BCUT2D eigenvalue weighted by atomic mass is 9.73. The van der Waals surface area contributed by atoms with E-state index in [1.54, 1.807) is 29.7 Å². The van der Waals surface area contributed by atoms with Crippen LogP contribution in [-0.4, -0.2) is 65.8 Å². The summed E-state index contributed by atoms with van der Waals surface area (Å²) in [6.45, 7) is 1.27. The summed E-state index contributed by atoms with van der Waals surface area (Å²) in [6.07, 6.45) is 5.62. The molecule has 0 radical (unpaired) electrons. The summed E-state index contributed by atoms with van der Waals surface area (Å²) in [6, 6.07) is 13.6. The van der Waals surface area contributed by atoms with Gasteiger partial charge in [0.25, 0.3) is 5.91 Å². The number of hydroxylamine groups is 1. The van der Waals surface area contributed by atoms with E-state index in [-0.39, 0.29) is 29.4 Å². The molecular formula is C31H39ClN2O7S. The van der Waals surface area contributed by atoms with Crippen LogP contribution < -0.4 is 10.2 Å². The number of aliphatic hydroxyl groups is 1. The van der Waals surface area contributed by atoms with Crippen molar-refractivity contribution in [1.29, 1.82) is 0 Å². The Labute approximate surface area is 252 Å². The molecule has 42 heavy (non-hydrogen) atoms. The number of benzene rings is 2. The normalized spacial score (nSPS) is 24.6. The standard InChI is InChI=1S/C31H39ClN2O7S/c32-24-5-3-23(4-6-24)30(37)15-13-22(14-16-30)28(35)2-1-21-41-26-9-11-27(12-10-26)42(39,40)31(29(36)33-38)17-19-34(20-18-31)25-7-8-25/h3-6,9-12,22,25,37-38H,1-2,7-8,13-21H2,(H,33,36). The third-order valence-electron chi connectivity index (χ3n) is 9.32. The predicted molar refractivity (Wildman–Crippen MR) is 157 cm³/mol. The van der Waals surface area contributed by atoms with Crippen molar-refractivity contribution in [3.05, 3.63) is 59.1 Å². The minimum atomic E-state index is -4.08. The van der Waals surface area contributed by atoms with E-state index in [4.69, 9.17) is 16.3 Å². The van der Waals surface area contributed by atoms with Gasteiger partial charge >= 0.3 is 0 Å². The van der Waals surface area contributed by atoms with E-state index in [2.05, 4.69) is 4.90 Å². The SMILES string of the molecule is O=C(CCCOc1ccc(S(=O)(=O)C2(C(=O)NO)CCN(C3CC3)CC2)cc1)C1CCC(O)(c2ccc(Cl)cc2)CC1. The van der Waals surface area contributed by atoms with Gasteiger partial charge in [0.05, 0.1) is 17.1 Å². The number of ether oxygens (including phenoxy) is 1. The lowest BCUT2D eigenvalue weighted by Gasteiger charge is -2.39. The third kappa shape index (κ3) is 6.38. The number of rotatable bonds is 11. The Morgan fingerprint density at radius 3 is 2.14 bits per heavy atom. The Morgan fingerprint density at radius 1 is 0.952 bits per heavy atom. The lowest BCUT2D eigenvalue weighted by Crippen LogP contribution is -2.58. The highest BCUT2D eigenvalue weighted by molar-refractivity contribution is 7.93. The zero-order valence-corrected chi connectivity index (χ0v) is 25.2. The van der Waals surface area contributed by atoms with Gasteiger partial charge in [-0.3, -0.25) is 14.8 Å². The van der Waals surface area contributed by atoms with E-state index in [0.717, 1.165) is 18.4 Å². The quantitative estimate of drug-likeness (QED) is 0.191. The van der Waals surface area contributed by atoms with Crippen molar-refractivity contribution >= 4 is 33.1 Å². The van der Waals surface area contributed by atoms with Crippen LogP contribution in [0.4, 0.5) is 0 Å². The maximum Gasteiger partial charge on any atom is 0.265 e. The molecule has 9 nitrogen and oxygen atoms in total. The number of carbonyl (C=O) groups excluding carboxylic acids is 2. The topological polar surface area (TPSA) is 133 Å². The van der Waals surface area contributed by atoms with Gasteiger partial charge in [0, 0.05) is 36.5 Å². The van der Waals surface area contributed by atoms with Crippen LogP contribution in [-0.2, 0) is 25.0 Å². The predicted octanol–water partition coefficient (Wildman–Crippen LogP) is 4.42. The highest BCUT2D eigenvalue weighted by Gasteiger charge is 2.54. The lowest BCUT2D eigenvalue weighted by molar-refractivity contribution is -0.133. The molecule has 2 saturated carbocycles. The number of Topliss-reactive ketones (excluding diaryl/α,β-unsaturated/α-hetero) is 1. The van der Waals surface area contributed by atoms with Gasteiger partial charge in [-0.15, -0.1) is 0 Å². The summed E-state index contributed by atoms with van der Waals surface area (Å²) in [5, 5.41) is 21.1. The summed E-state index contributed by atoms with van der Waals surface area (Å²) in [4.78, 5) is 27.7. The molecule has 11 heteroatoms. The first-order valence-electron chi connectivity index (χ1n) is 14.8. The van der Waals surface area contributed by atoms with Gasteiger partial charge in [0.1, 0.15) is 11.5 Å². The number of piperidine rings is 1. The van der Waals surface area contributed by atoms with Crippen molar-refractivity contribution in [3.8, 4) is 5.75 Å². The van der Waals surface area contributed by atoms with Crippen LogP contribution in [0.2, 0.25) is 5.02 Å². The molecule has 3 fully saturated rings. The Hall–Kier alpha value is -2.50. The van der Waals surface area contributed by atoms with Gasteiger partial charge in [-0.25, -0.2) is 13.9 Å². The monoisotopic (exact) mass is 618 g/mol. The molecule has 1 heterocycles. The first-order valence-corrected chi connectivity index (χ1v) is 16.6. The third-order valence-corrected chi connectivity index (χ3v) is 12.1. The van der Waals surface area contributed by atoms with Gasteiger partial charge in [0.15, 0.2) is 14.6 Å². The Morgan fingerprint density at radius 2 is 1.57 bits per heavy atom. The summed E-state index contributed by atoms with van der Waals surface area (Å²) in [5.74, 6) is -0.341. The number of ketones is 1. The molecule has 3 aliphatic rings. The second kappa shape index (κ2) is 12.6. The highest BCUT2D eigenvalue weighted by atomic mass is 35.5. The molecule has 1 amide bonds. The molecule has 228 valence electrons. The van der Waals surface area contributed by atoms with Crippen LogP contribution in [0.1, 0.15) is 69.8 Å². The number of carbonyl (C=O) groups is 2. The van der Waals surface area contributed by atoms with Crippen molar-refractivity contribution in [2.75, 3.05) is 19.7 Å². The summed E-state index contributed by atoms with van der Waals surface area (Å²) in [5.41, 5.74) is 1.50. The number of sulfone groups is 1. The van der Waals surface area contributed by atoms with Gasteiger partial charge in [-0.2, -0.15) is 0 Å². The van der Waals surface area contributed by atoms with Crippen molar-refractivity contribution in [2.24, 2.45) is 5.92 Å². The first kappa shape index (κ1) is 30.9. The summed E-state index contributed by atoms with van der Waals surface area (Å²) < 4.78 is 31.3. The van der Waals surface area contributed by atoms with E-state index >= 15 is 0 Å². The van der Waals surface area contributed by atoms with E-state index < -0.39 is 26.1 Å². The van der Waals surface area contributed by atoms with E-state index in [9.17, 15) is 28.3 Å². The largest absolute Gasteiger partial charge is 0.494 e. The fourth-order valence-electron chi connectivity index (χ4n) is 6.46. The highest BCUT2D eigenvalue weighted by Crippen LogP contribution is 2.41. The fraction of sp³-hybridized carbons (Fsp3) is 0.548. The van der Waals surface area contributed by atoms with Gasteiger partial charge in [-0.1, -0.05) is 23.7 Å². The molecule has 0 unspecified atom stereocenters. The van der Waals surface area contributed by atoms with E-state index in [1.807, 2.05) is 12.1 Å². The van der Waals surface area contributed by atoms with Gasteiger partial charge < -0.3 is 14.7 Å². The maximum atomic E-state index is 13.6. The van der Waals surface area contributed by atoms with Crippen LogP contribution in [0.3, 0.4) is 0 Å². The first-order chi connectivity index (χ1) is 20.1. The smallest absolute Gasteiger partial charge is 0.265 e. The Balaban J connectivity index is 1.10. The van der Waals surface area contributed by atoms with Crippen molar-refractivity contribution in [3.63, 3.8) is 0 Å². The minimum Gasteiger partial charge on any atom is -0.494 e. The number of nitrogens with zero attached hydrogens (tertiary/aromatic N) is 1. The molecule has 1 saturated heterocycles. The number of hydrogen-bond acceptors (Lipinski definition) is 8. The van der Waals surface area contributed by atoms with Crippen LogP contribution in [0.25, 0.3) is 0 Å². The molecule has 1 aliphatic heterocycles. The molecule has 0 spiro atoms. The molecule has 0 atom stereocenters. The van der Waals surface area contributed by atoms with Crippen molar-refractivity contribution in [2.45, 2.75) is 85.5 Å². The van der Waals surface area contributed by atoms with Gasteiger partial charge in [0.2, 0.25) is 0 Å². The van der Waals surface area contributed by atoms with Gasteiger partial charge in [-0.05, 0) is 99.7 Å². The fourth-order valence-corrected chi connectivity index (χ4v) is 8.54. The molecule has 2 aromatic carbocycles. The molecule has 0 bridgehead atoms. The number of amides is 1. The second-order valence-corrected chi connectivity index (χ2v) is 14.6. The van der Waals surface area contributed by atoms with E-state index in [0.29, 0.717) is 75.0 Å². The molecular weight excluding hydrogens is 580 g/mol. The average molecular weight is 619 g/mol. The van der Waals surface area contributed by atoms with E-state index in [1.165, 1.54) is 12.1 Å².